The summed E-state index contributed by atoms with van der Waals surface area (Å²) in [6.07, 6.45) is 0.807. The standard InChI is InChI=1S/C18H20N4O3.C2HF3O2/c23-18(17-20-7-3-8-21-17)22-10-14-13(12-25-15(14)11-22)5-9-24-16-4-1-2-6-19-16;3-2(4,5)1(6)7/h1-4,6-8,13-15H,5,9-12H2;(H,6,7)/t13-,14-,15-;/m0./s1. The van der Waals surface area contributed by atoms with E-state index in [1.807, 2.05) is 18.2 Å². The van der Waals surface area contributed by atoms with E-state index in [0.717, 1.165) is 13.0 Å². The minimum absolute atomic E-state index is 0.104. The van der Waals surface area contributed by atoms with Gasteiger partial charge in [-0.3, -0.25) is 4.79 Å². The second-order valence-electron chi connectivity index (χ2n) is 7.19. The van der Waals surface area contributed by atoms with Crippen molar-refractivity contribution >= 4 is 11.9 Å². The lowest BCUT2D eigenvalue weighted by molar-refractivity contribution is -0.192. The quantitative estimate of drug-likeness (QED) is 0.730. The highest BCUT2D eigenvalue weighted by Gasteiger charge is 2.45. The number of carboxylic acids is 1. The number of carboxylic acid groups (broad SMARTS) is 1. The zero-order chi connectivity index (χ0) is 23.1. The van der Waals surface area contributed by atoms with E-state index in [1.54, 1.807) is 29.6 Å². The molecule has 2 aromatic rings. The average molecular weight is 454 g/mol. The van der Waals surface area contributed by atoms with Crippen molar-refractivity contribution in [1.82, 2.24) is 19.9 Å². The van der Waals surface area contributed by atoms with Crippen LogP contribution in [0.5, 0.6) is 5.88 Å². The van der Waals surface area contributed by atoms with Crippen LogP contribution in [0.2, 0.25) is 0 Å². The number of likely N-dealkylation sites (tertiary alicyclic amines) is 1. The largest absolute Gasteiger partial charge is 0.490 e. The van der Waals surface area contributed by atoms with Crippen molar-refractivity contribution in [3.05, 3.63) is 48.7 Å². The molecule has 2 aliphatic heterocycles. The number of amides is 1. The maximum atomic E-state index is 12.5. The molecule has 32 heavy (non-hydrogen) atoms. The van der Waals surface area contributed by atoms with Crippen molar-refractivity contribution in [1.29, 1.82) is 0 Å². The Morgan fingerprint density at radius 1 is 1.12 bits per heavy atom. The molecule has 0 spiro atoms. The molecule has 12 heteroatoms. The highest BCUT2D eigenvalue weighted by Crippen LogP contribution is 2.35. The van der Waals surface area contributed by atoms with Gasteiger partial charge < -0.3 is 19.5 Å². The highest BCUT2D eigenvalue weighted by molar-refractivity contribution is 5.90. The van der Waals surface area contributed by atoms with Crippen LogP contribution in [-0.2, 0) is 9.53 Å². The number of hydrogen-bond donors (Lipinski definition) is 1. The predicted octanol–water partition coefficient (Wildman–Crippen LogP) is 2.06. The number of alkyl halides is 3. The smallest absolute Gasteiger partial charge is 0.478 e. The Bertz CT molecular complexity index is 901. The molecular weight excluding hydrogens is 433 g/mol. The maximum absolute atomic E-state index is 12.5. The van der Waals surface area contributed by atoms with Gasteiger partial charge in [-0.2, -0.15) is 13.2 Å². The third-order valence-electron chi connectivity index (χ3n) is 5.10. The number of aromatic nitrogens is 3. The van der Waals surface area contributed by atoms with Crippen molar-refractivity contribution in [2.75, 3.05) is 26.3 Å². The number of fused-ring (bicyclic) bond motifs is 1. The highest BCUT2D eigenvalue weighted by atomic mass is 19.4. The Morgan fingerprint density at radius 2 is 1.81 bits per heavy atom. The van der Waals surface area contributed by atoms with Crippen LogP contribution >= 0.6 is 0 Å². The molecule has 9 nitrogen and oxygen atoms in total. The fourth-order valence-electron chi connectivity index (χ4n) is 3.56. The first-order valence-corrected chi connectivity index (χ1v) is 9.77. The third kappa shape index (κ3) is 6.13. The lowest BCUT2D eigenvalue weighted by Gasteiger charge is -2.19. The van der Waals surface area contributed by atoms with Gasteiger partial charge in [-0.25, -0.2) is 19.7 Å². The van der Waals surface area contributed by atoms with Gasteiger partial charge in [0, 0.05) is 43.7 Å². The minimum atomic E-state index is -5.08. The van der Waals surface area contributed by atoms with Crippen LogP contribution in [0.3, 0.4) is 0 Å². The molecule has 0 saturated carbocycles. The summed E-state index contributed by atoms with van der Waals surface area (Å²) < 4.78 is 43.3. The number of hydrogen-bond acceptors (Lipinski definition) is 7. The van der Waals surface area contributed by atoms with Crippen LogP contribution in [0.1, 0.15) is 17.0 Å². The van der Waals surface area contributed by atoms with E-state index in [0.29, 0.717) is 37.4 Å². The van der Waals surface area contributed by atoms with Crippen LogP contribution in [0.25, 0.3) is 0 Å². The Balaban J connectivity index is 0.000000360. The monoisotopic (exact) mass is 454 g/mol. The zero-order valence-corrected chi connectivity index (χ0v) is 16.8. The molecule has 0 unspecified atom stereocenters. The summed E-state index contributed by atoms with van der Waals surface area (Å²) in [5.74, 6) is -1.25. The first-order chi connectivity index (χ1) is 15.3. The number of aliphatic carboxylic acids is 1. The first kappa shape index (κ1) is 23.4. The molecule has 172 valence electrons. The van der Waals surface area contributed by atoms with Gasteiger partial charge in [-0.1, -0.05) is 6.07 Å². The van der Waals surface area contributed by atoms with Gasteiger partial charge in [0.25, 0.3) is 5.91 Å². The molecule has 2 fully saturated rings. The van der Waals surface area contributed by atoms with Crippen molar-refractivity contribution < 1.29 is 37.3 Å². The van der Waals surface area contributed by atoms with Crippen molar-refractivity contribution in [3.8, 4) is 5.88 Å². The molecule has 1 amide bonds. The molecule has 2 saturated heterocycles. The molecule has 4 rings (SSSR count). The minimum Gasteiger partial charge on any atom is -0.478 e. The van der Waals surface area contributed by atoms with Crippen LogP contribution in [-0.4, -0.2) is 75.4 Å². The third-order valence-corrected chi connectivity index (χ3v) is 5.10. The summed E-state index contributed by atoms with van der Waals surface area (Å²) in [6, 6.07) is 7.33. The number of pyridine rings is 1. The van der Waals surface area contributed by atoms with E-state index in [4.69, 9.17) is 19.4 Å². The van der Waals surface area contributed by atoms with E-state index in [-0.39, 0.29) is 17.8 Å². The Morgan fingerprint density at radius 3 is 2.44 bits per heavy atom. The van der Waals surface area contributed by atoms with Gasteiger partial charge >= 0.3 is 12.1 Å². The fraction of sp³-hybridized carbons (Fsp3) is 0.450. The van der Waals surface area contributed by atoms with Crippen LogP contribution in [0, 0.1) is 11.8 Å². The van der Waals surface area contributed by atoms with Gasteiger partial charge in [-0.05, 0) is 24.5 Å². The molecule has 2 aromatic heterocycles. The fourth-order valence-corrected chi connectivity index (χ4v) is 3.56. The maximum Gasteiger partial charge on any atom is 0.490 e. The molecule has 0 aliphatic carbocycles. The predicted molar refractivity (Wildman–Crippen MR) is 103 cm³/mol. The Hall–Kier alpha value is -3.28. The van der Waals surface area contributed by atoms with E-state index >= 15 is 0 Å². The second-order valence-corrected chi connectivity index (χ2v) is 7.19. The van der Waals surface area contributed by atoms with Gasteiger partial charge in [0.2, 0.25) is 11.7 Å². The van der Waals surface area contributed by atoms with Crippen molar-refractivity contribution in [2.45, 2.75) is 18.7 Å². The van der Waals surface area contributed by atoms with Gasteiger partial charge in [0.05, 0.1) is 19.3 Å². The molecule has 0 bridgehead atoms. The van der Waals surface area contributed by atoms with Gasteiger partial charge in [-0.15, -0.1) is 0 Å². The van der Waals surface area contributed by atoms with Crippen LogP contribution in [0.15, 0.2) is 42.9 Å². The van der Waals surface area contributed by atoms with E-state index in [2.05, 4.69) is 15.0 Å². The summed E-state index contributed by atoms with van der Waals surface area (Å²) in [5, 5.41) is 7.12. The van der Waals surface area contributed by atoms with E-state index < -0.39 is 12.1 Å². The van der Waals surface area contributed by atoms with E-state index in [9.17, 15) is 18.0 Å². The Labute approximate surface area is 181 Å². The summed E-state index contributed by atoms with van der Waals surface area (Å²) >= 11 is 0. The summed E-state index contributed by atoms with van der Waals surface area (Å²) in [4.78, 5) is 35.5. The van der Waals surface area contributed by atoms with Crippen molar-refractivity contribution in [3.63, 3.8) is 0 Å². The molecular formula is C20H21F3N4O5. The number of rotatable bonds is 5. The Kier molecular flexibility index (Phi) is 7.57. The van der Waals surface area contributed by atoms with Crippen LogP contribution < -0.4 is 4.74 Å². The summed E-state index contributed by atoms with van der Waals surface area (Å²) in [5.41, 5.74) is 0. The summed E-state index contributed by atoms with van der Waals surface area (Å²) in [6.45, 7) is 2.63. The topological polar surface area (TPSA) is 115 Å². The zero-order valence-electron chi connectivity index (χ0n) is 16.8. The molecule has 3 atom stereocenters. The number of carbonyl (C=O) groups is 2. The molecule has 2 aliphatic rings. The SMILES string of the molecule is O=C(O)C(F)(F)F.O=C(c1ncccn1)N1C[C@H]2[C@@H](CCOc3ccccn3)CO[C@H]2C1. The number of halogens is 3. The van der Waals surface area contributed by atoms with Gasteiger partial charge in [0.1, 0.15) is 0 Å². The molecule has 0 radical (unpaired) electrons. The number of carbonyl (C=O) groups excluding carboxylic acids is 1. The van der Waals surface area contributed by atoms with Gasteiger partial charge in [0.15, 0.2) is 0 Å². The summed E-state index contributed by atoms with van der Waals surface area (Å²) in [7, 11) is 0. The lowest BCUT2D eigenvalue weighted by Crippen LogP contribution is -2.32. The first-order valence-electron chi connectivity index (χ1n) is 9.77. The second kappa shape index (κ2) is 10.4. The number of nitrogens with zero attached hydrogens (tertiary/aromatic N) is 4. The average Bonchev–Trinajstić information content (AvgIpc) is 3.36. The lowest BCUT2D eigenvalue weighted by atomic mass is 9.91. The molecule has 0 aromatic carbocycles. The molecule has 1 N–H and O–H groups in total. The van der Waals surface area contributed by atoms with Crippen LogP contribution in [0.4, 0.5) is 13.2 Å². The van der Waals surface area contributed by atoms with Crippen molar-refractivity contribution in [2.24, 2.45) is 11.8 Å². The molecule has 4 heterocycles. The van der Waals surface area contributed by atoms with E-state index in [1.165, 1.54) is 0 Å². The normalized spacial score (nSPS) is 22.0. The number of ether oxygens (including phenoxy) is 2.